The van der Waals surface area contributed by atoms with E-state index < -0.39 is 28.7 Å². The number of carbonyl (C=O) groups excluding carboxylic acids is 2. The molecule has 0 atom stereocenters. The fraction of sp³-hybridized carbons (Fsp3) is 0.600. The van der Waals surface area contributed by atoms with Gasteiger partial charge in [-0.25, -0.2) is 8.42 Å². The van der Waals surface area contributed by atoms with E-state index in [0.29, 0.717) is 13.1 Å². The minimum Gasteiger partial charge on any atom is -0.343 e. The van der Waals surface area contributed by atoms with Crippen LogP contribution < -0.4 is 5.32 Å². The van der Waals surface area contributed by atoms with Gasteiger partial charge in [0.15, 0.2) is 0 Å². The predicted octanol–water partition coefficient (Wildman–Crippen LogP) is 2.39. The second-order valence-corrected chi connectivity index (χ2v) is 9.82. The number of sulfonamides is 1. The number of carbonyl (C=O) groups is 2. The van der Waals surface area contributed by atoms with Crippen LogP contribution in [0, 0.1) is 5.92 Å². The highest BCUT2D eigenvalue weighted by molar-refractivity contribution is 7.89. The van der Waals surface area contributed by atoms with Crippen LogP contribution in [0.2, 0.25) is 0 Å². The van der Waals surface area contributed by atoms with E-state index in [1.165, 1.54) is 28.6 Å². The van der Waals surface area contributed by atoms with Crippen LogP contribution in [-0.2, 0) is 14.8 Å². The van der Waals surface area contributed by atoms with Crippen molar-refractivity contribution in [1.29, 1.82) is 0 Å². The molecule has 0 unspecified atom stereocenters. The van der Waals surface area contributed by atoms with Crippen molar-refractivity contribution in [1.82, 2.24) is 14.5 Å². The lowest BCUT2D eigenvalue weighted by Crippen LogP contribution is -2.52. The highest BCUT2D eigenvalue weighted by Crippen LogP contribution is 2.26. The molecule has 0 aromatic heterocycles. The number of nitrogens with zero attached hydrogens (tertiary/aromatic N) is 2. The minimum atomic E-state index is -4.53. The minimum absolute atomic E-state index is 0.0351. The quantitative estimate of drug-likeness (QED) is 0.730. The number of hydrogen-bond donors (Lipinski definition) is 1. The third-order valence-corrected chi connectivity index (χ3v) is 7.62. The van der Waals surface area contributed by atoms with E-state index >= 15 is 0 Å². The van der Waals surface area contributed by atoms with E-state index in [1.807, 2.05) is 0 Å². The topological polar surface area (TPSA) is 86.8 Å². The molecule has 2 fully saturated rings. The molecular weight excluding hydrogens is 435 g/mol. The Morgan fingerprint density at radius 2 is 1.55 bits per heavy atom. The number of benzene rings is 1. The Hall–Kier alpha value is -2.14. The van der Waals surface area contributed by atoms with Gasteiger partial charge in [0, 0.05) is 37.7 Å². The van der Waals surface area contributed by atoms with E-state index in [9.17, 15) is 31.2 Å². The van der Waals surface area contributed by atoms with Crippen molar-refractivity contribution in [2.75, 3.05) is 32.7 Å². The van der Waals surface area contributed by atoms with Crippen molar-refractivity contribution >= 4 is 21.8 Å². The molecule has 2 amide bonds. The lowest BCUT2D eigenvalue weighted by molar-refractivity contribution is -0.137. The Morgan fingerprint density at radius 1 is 0.968 bits per heavy atom. The Kier molecular flexibility index (Phi) is 7.25. The fourth-order valence-electron chi connectivity index (χ4n) is 3.97. The van der Waals surface area contributed by atoms with E-state index in [1.54, 1.807) is 10.2 Å². The maximum Gasteiger partial charge on any atom is 0.405 e. The van der Waals surface area contributed by atoms with Gasteiger partial charge >= 0.3 is 6.18 Å². The lowest BCUT2D eigenvalue weighted by Gasteiger charge is -2.36. The Bertz CT molecular complexity index is 889. The van der Waals surface area contributed by atoms with Gasteiger partial charge in [-0.2, -0.15) is 17.5 Å². The Balaban J connectivity index is 1.58. The van der Waals surface area contributed by atoms with E-state index in [0.717, 1.165) is 32.1 Å². The summed E-state index contributed by atoms with van der Waals surface area (Å²) in [6.07, 6.45) is 0.502. The normalized spacial score (nSPS) is 19.3. The SMILES string of the molecule is O=C(NCC(F)(F)F)c1ccc(S(=O)(=O)N2CCN(C(=O)C3CCCCC3)CC2)cc1. The molecular formula is C20H26F3N3O4S. The number of hydrogen-bond acceptors (Lipinski definition) is 4. The summed E-state index contributed by atoms with van der Waals surface area (Å²) in [5.41, 5.74) is -0.0638. The van der Waals surface area contributed by atoms with Crippen molar-refractivity contribution < 1.29 is 31.2 Å². The van der Waals surface area contributed by atoms with Gasteiger partial charge in [0.05, 0.1) is 4.90 Å². The first kappa shape index (κ1) is 23.5. The number of rotatable bonds is 5. The Labute approximate surface area is 179 Å². The molecule has 1 saturated heterocycles. The number of nitrogens with one attached hydrogen (secondary N) is 1. The molecule has 1 aliphatic heterocycles. The maximum atomic E-state index is 12.9. The highest BCUT2D eigenvalue weighted by atomic mass is 32.2. The molecule has 7 nitrogen and oxygen atoms in total. The van der Waals surface area contributed by atoms with Crippen LogP contribution in [0.15, 0.2) is 29.2 Å². The monoisotopic (exact) mass is 461 g/mol. The summed E-state index contributed by atoms with van der Waals surface area (Å²) in [5, 5.41) is 1.74. The highest BCUT2D eigenvalue weighted by Gasteiger charge is 2.33. The Morgan fingerprint density at radius 3 is 2.10 bits per heavy atom. The number of amides is 2. The summed E-state index contributed by atoms with van der Waals surface area (Å²) >= 11 is 0. The molecule has 1 saturated carbocycles. The number of piperazine rings is 1. The fourth-order valence-corrected chi connectivity index (χ4v) is 5.39. The van der Waals surface area contributed by atoms with Crippen molar-refractivity contribution in [3.8, 4) is 0 Å². The van der Waals surface area contributed by atoms with Crippen molar-refractivity contribution in [3.05, 3.63) is 29.8 Å². The molecule has 1 aromatic carbocycles. The lowest BCUT2D eigenvalue weighted by atomic mass is 9.88. The molecule has 0 radical (unpaired) electrons. The zero-order chi connectivity index (χ0) is 22.6. The van der Waals surface area contributed by atoms with Gasteiger partial charge in [-0.15, -0.1) is 0 Å². The molecule has 1 aromatic rings. The van der Waals surface area contributed by atoms with Crippen LogP contribution in [0.25, 0.3) is 0 Å². The third kappa shape index (κ3) is 5.97. The third-order valence-electron chi connectivity index (χ3n) is 5.71. The van der Waals surface area contributed by atoms with Crippen molar-refractivity contribution in [3.63, 3.8) is 0 Å². The zero-order valence-corrected chi connectivity index (χ0v) is 17.8. The van der Waals surface area contributed by atoms with Gasteiger partial charge < -0.3 is 10.2 Å². The predicted molar refractivity (Wildman–Crippen MR) is 107 cm³/mol. The summed E-state index contributed by atoms with van der Waals surface area (Å²) in [6.45, 7) is -0.460. The molecule has 3 rings (SSSR count). The average molecular weight is 462 g/mol. The molecule has 172 valence electrons. The van der Waals surface area contributed by atoms with Gasteiger partial charge in [-0.3, -0.25) is 9.59 Å². The zero-order valence-electron chi connectivity index (χ0n) is 17.0. The van der Waals surface area contributed by atoms with Gasteiger partial charge in [-0.05, 0) is 37.1 Å². The van der Waals surface area contributed by atoms with Gasteiger partial charge in [0.25, 0.3) is 5.91 Å². The molecule has 1 heterocycles. The largest absolute Gasteiger partial charge is 0.405 e. The van der Waals surface area contributed by atoms with Crippen molar-refractivity contribution in [2.45, 2.75) is 43.2 Å². The molecule has 2 aliphatic rings. The molecule has 11 heteroatoms. The molecule has 1 aliphatic carbocycles. The summed E-state index contributed by atoms with van der Waals surface area (Å²) < 4.78 is 63.7. The van der Waals surface area contributed by atoms with Crippen LogP contribution >= 0.6 is 0 Å². The summed E-state index contributed by atoms with van der Waals surface area (Å²) in [7, 11) is -3.83. The summed E-state index contributed by atoms with van der Waals surface area (Å²) in [5.74, 6) is -0.796. The second-order valence-electron chi connectivity index (χ2n) is 7.89. The van der Waals surface area contributed by atoms with Gasteiger partial charge in [-0.1, -0.05) is 19.3 Å². The van der Waals surface area contributed by atoms with Crippen LogP contribution in [0.4, 0.5) is 13.2 Å². The average Bonchev–Trinajstić information content (AvgIpc) is 2.77. The molecule has 0 spiro atoms. The smallest absolute Gasteiger partial charge is 0.343 e. The first-order chi connectivity index (χ1) is 14.6. The standard InChI is InChI=1S/C20H26F3N3O4S/c21-20(22,23)14-24-18(27)15-6-8-17(9-7-15)31(29,30)26-12-10-25(11-13-26)19(28)16-4-2-1-3-5-16/h6-9,16H,1-5,10-14H2,(H,24,27). The van der Waals surface area contributed by atoms with Crippen LogP contribution in [0.1, 0.15) is 42.5 Å². The van der Waals surface area contributed by atoms with E-state index in [4.69, 9.17) is 0 Å². The van der Waals surface area contributed by atoms with Crippen molar-refractivity contribution in [2.24, 2.45) is 5.92 Å². The summed E-state index contributed by atoms with van der Waals surface area (Å²) in [6, 6.07) is 4.78. The first-order valence-corrected chi connectivity index (χ1v) is 11.8. The van der Waals surface area contributed by atoms with E-state index in [-0.39, 0.29) is 35.4 Å². The van der Waals surface area contributed by atoms with E-state index in [2.05, 4.69) is 0 Å². The maximum absolute atomic E-state index is 12.9. The van der Waals surface area contributed by atoms with Gasteiger partial charge in [0.1, 0.15) is 6.54 Å². The van der Waals surface area contributed by atoms with Crippen LogP contribution in [-0.4, -0.2) is 68.3 Å². The molecule has 1 N–H and O–H groups in total. The molecule has 0 bridgehead atoms. The summed E-state index contributed by atoms with van der Waals surface area (Å²) in [4.78, 5) is 26.1. The second kappa shape index (κ2) is 9.56. The van der Waals surface area contributed by atoms with Gasteiger partial charge in [0.2, 0.25) is 15.9 Å². The first-order valence-electron chi connectivity index (χ1n) is 10.3. The number of alkyl halides is 3. The number of halogens is 3. The van der Waals surface area contributed by atoms with Crippen LogP contribution in [0.5, 0.6) is 0 Å². The molecule has 31 heavy (non-hydrogen) atoms. The van der Waals surface area contributed by atoms with Crippen LogP contribution in [0.3, 0.4) is 0 Å².